The molecule has 0 spiro atoms. The molecule has 0 N–H and O–H groups in total. The van der Waals surface area contributed by atoms with E-state index in [1.165, 1.54) is 89.4 Å². The number of para-hydroxylation sites is 4. The summed E-state index contributed by atoms with van der Waals surface area (Å²) in [4.78, 5) is 29.5. The van der Waals surface area contributed by atoms with Crippen molar-refractivity contribution in [2.24, 2.45) is 0 Å². The Kier molecular flexibility index (Phi) is 19.7. The fraction of sp³-hybridized carbons (Fsp3) is 0.200. The van der Waals surface area contributed by atoms with Gasteiger partial charge in [-0.1, -0.05) is 217 Å². The minimum atomic E-state index is -0.148. The molecule has 0 amide bonds. The van der Waals surface area contributed by atoms with Crippen molar-refractivity contribution in [2.75, 3.05) is 19.6 Å². The molecule has 4 aromatic heterocycles. The second-order valence-electron chi connectivity index (χ2n) is 33.3. The first-order chi connectivity index (χ1) is 53.1. The van der Waals surface area contributed by atoms with Crippen LogP contribution in [0.25, 0.3) is 45.0 Å². The van der Waals surface area contributed by atoms with E-state index in [-0.39, 0.29) is 45.3 Å². The summed E-state index contributed by atoms with van der Waals surface area (Å²) in [6.07, 6.45) is 7.78. The molecule has 0 bridgehead atoms. The van der Waals surface area contributed by atoms with E-state index in [1.54, 1.807) is 0 Å². The van der Waals surface area contributed by atoms with Crippen molar-refractivity contribution in [1.82, 2.24) is 19.9 Å². The molecule has 0 saturated heterocycles. The van der Waals surface area contributed by atoms with Crippen LogP contribution in [0.2, 0.25) is 0 Å². The second-order valence-corrected chi connectivity index (χ2v) is 33.3. The van der Waals surface area contributed by atoms with Gasteiger partial charge in [0.2, 0.25) is 6.71 Å². The molecule has 10 aromatic carbocycles. The summed E-state index contributed by atoms with van der Waals surface area (Å²) in [5.74, 6) is 1.61. The van der Waals surface area contributed by atoms with Gasteiger partial charge >= 0.3 is 21.1 Å². The van der Waals surface area contributed by atoms with Crippen LogP contribution in [0.4, 0.5) is 68.2 Å². The summed E-state index contributed by atoms with van der Waals surface area (Å²) in [7, 11) is 0. The fourth-order valence-corrected chi connectivity index (χ4v) is 16.6. The van der Waals surface area contributed by atoms with Gasteiger partial charge in [-0.15, -0.1) is 58.5 Å². The number of rotatable bonds is 12. The van der Waals surface area contributed by atoms with Crippen molar-refractivity contribution >= 4 is 114 Å². The Morgan fingerprint density at radius 3 is 0.874 bits per heavy atom. The van der Waals surface area contributed by atoms with E-state index in [1.807, 2.05) is 24.8 Å². The molecule has 548 valence electrons. The number of pyridine rings is 4. The van der Waals surface area contributed by atoms with E-state index < -0.39 is 0 Å². The number of hydrogen-bond donors (Lipinski definition) is 0. The SMILES string of the molecule is CC(C)c1ccnc(-c2[c-]c3c(cc2)N(c2ccccc2)c2cc(C(C)(C)C)cc4c2B3c2[c-]c(-c3cc(C(C)C)ccn3)ccc2N4c2ccccc2)c1.CC(C)c1ccnc(-c2ccc3c(c2)B2c4cc(-c5cc(C(C)C)ccn5)ccc4N(c4ccccc4)c4cc(C(C)(C)C)cc(c42)N3c2ccccc2)c1.[Pt+2]. The molecule has 11 heteroatoms. The Morgan fingerprint density at radius 2 is 0.568 bits per heavy atom. The molecule has 14 aromatic rings. The van der Waals surface area contributed by atoms with Gasteiger partial charge in [0, 0.05) is 81.7 Å². The van der Waals surface area contributed by atoms with E-state index in [4.69, 9.17) is 19.9 Å². The average Bonchev–Trinajstić information content (AvgIpc) is 0.699. The van der Waals surface area contributed by atoms with Crippen LogP contribution in [0.5, 0.6) is 0 Å². The summed E-state index contributed by atoms with van der Waals surface area (Å²) in [6.45, 7) is 31.6. The number of aromatic nitrogens is 4. The molecule has 8 nitrogen and oxygen atoms in total. The Hall–Kier alpha value is -11.2. The van der Waals surface area contributed by atoms with Gasteiger partial charge in [0.25, 0.3) is 6.71 Å². The first-order valence-corrected chi connectivity index (χ1v) is 39.2. The van der Waals surface area contributed by atoms with Crippen molar-refractivity contribution in [2.45, 2.75) is 131 Å². The van der Waals surface area contributed by atoms with Gasteiger partial charge in [0.05, 0.1) is 11.4 Å². The molecule has 0 atom stereocenters. The molecule has 4 aliphatic rings. The minimum Gasteiger partial charge on any atom is -0.352 e. The molecule has 4 aliphatic heterocycles. The zero-order valence-electron chi connectivity index (χ0n) is 65.9. The molecular formula is C100H92B2N8Pt. The molecule has 0 unspecified atom stereocenters. The summed E-state index contributed by atoms with van der Waals surface area (Å²) in [6, 6.07) is 102. The third-order valence-corrected chi connectivity index (χ3v) is 22.7. The van der Waals surface area contributed by atoms with Gasteiger partial charge in [-0.05, 0) is 234 Å². The van der Waals surface area contributed by atoms with E-state index >= 15 is 0 Å². The van der Waals surface area contributed by atoms with Crippen molar-refractivity contribution in [1.29, 1.82) is 0 Å². The van der Waals surface area contributed by atoms with Crippen molar-refractivity contribution in [3.8, 4) is 45.0 Å². The van der Waals surface area contributed by atoms with Crippen molar-refractivity contribution < 1.29 is 21.1 Å². The van der Waals surface area contributed by atoms with E-state index in [0.29, 0.717) is 23.7 Å². The maximum atomic E-state index is 4.93. The smallest absolute Gasteiger partial charge is 0.352 e. The summed E-state index contributed by atoms with van der Waals surface area (Å²) >= 11 is 0. The molecule has 0 aliphatic carbocycles. The predicted octanol–water partition coefficient (Wildman–Crippen LogP) is 22.5. The van der Waals surface area contributed by atoms with Crippen LogP contribution >= 0.6 is 0 Å². The van der Waals surface area contributed by atoms with Crippen molar-refractivity contribution in [3.05, 3.63) is 325 Å². The van der Waals surface area contributed by atoms with Gasteiger partial charge in [-0.2, -0.15) is 0 Å². The first-order valence-electron chi connectivity index (χ1n) is 39.2. The number of benzene rings is 10. The molecule has 0 fully saturated rings. The van der Waals surface area contributed by atoms with Gasteiger partial charge in [-0.3, -0.25) is 9.97 Å². The quantitative estimate of drug-likeness (QED) is 0.0886. The molecule has 8 heterocycles. The van der Waals surface area contributed by atoms with Crippen LogP contribution in [-0.4, -0.2) is 33.4 Å². The Bertz CT molecular complexity index is 5140. The average molecular weight is 1620 g/mol. The van der Waals surface area contributed by atoms with Crippen LogP contribution in [0, 0.1) is 12.1 Å². The predicted molar refractivity (Wildman–Crippen MR) is 465 cm³/mol. The maximum Gasteiger partial charge on any atom is 2.00 e. The van der Waals surface area contributed by atoms with Crippen LogP contribution in [0.15, 0.2) is 280 Å². The number of nitrogens with zero attached hydrogens (tertiary/aromatic N) is 8. The monoisotopic (exact) mass is 1620 g/mol. The Labute approximate surface area is 671 Å². The van der Waals surface area contributed by atoms with Gasteiger partial charge < -0.3 is 29.6 Å². The topological polar surface area (TPSA) is 64.5 Å². The molecular weight excluding hydrogens is 1530 g/mol. The van der Waals surface area contributed by atoms with Crippen LogP contribution in [0.3, 0.4) is 0 Å². The summed E-state index contributed by atoms with van der Waals surface area (Å²) in [5.41, 5.74) is 36.8. The van der Waals surface area contributed by atoms with E-state index in [0.717, 1.165) is 90.1 Å². The number of fused-ring (bicyclic) bond motifs is 8. The Balaban J connectivity index is 0.000000167. The summed E-state index contributed by atoms with van der Waals surface area (Å²) < 4.78 is 0. The van der Waals surface area contributed by atoms with Crippen LogP contribution < -0.4 is 52.4 Å². The van der Waals surface area contributed by atoms with Gasteiger partial charge in [0.15, 0.2) is 0 Å². The van der Waals surface area contributed by atoms with E-state index in [2.05, 4.69) is 383 Å². The fourth-order valence-electron chi connectivity index (χ4n) is 16.6. The Morgan fingerprint density at radius 1 is 0.288 bits per heavy atom. The normalized spacial score (nSPS) is 13.1. The standard InChI is InChI=1S/C50H47BN4.C50H45BN4.Pt/c2*1-32(2)34-22-24-52-43(28-34)36-18-20-45-41(26-36)51-42-27-37(44-29-35(33(3)4)23-25-53-44)19-21-46(42)55(40-16-12-9-13-17-40)48-31-38(50(5,6)7)30-47(49(48)51)54(45)39-14-10-8-11-15-39;/h8-33H,1-7H3;8-25,28-33H,1-7H3;/q;-2;+2. The minimum absolute atomic E-state index is 0. The zero-order chi connectivity index (χ0) is 76.0. The van der Waals surface area contributed by atoms with Gasteiger partial charge in [0.1, 0.15) is 0 Å². The zero-order valence-corrected chi connectivity index (χ0v) is 68.2. The van der Waals surface area contributed by atoms with Crippen LogP contribution in [-0.2, 0) is 31.9 Å². The third-order valence-electron chi connectivity index (χ3n) is 22.7. The molecule has 0 saturated carbocycles. The van der Waals surface area contributed by atoms with Crippen molar-refractivity contribution in [3.63, 3.8) is 0 Å². The van der Waals surface area contributed by atoms with Gasteiger partial charge in [-0.25, -0.2) is 0 Å². The van der Waals surface area contributed by atoms with E-state index in [9.17, 15) is 0 Å². The first kappa shape index (κ1) is 73.9. The molecule has 111 heavy (non-hydrogen) atoms. The third kappa shape index (κ3) is 13.6. The molecule has 18 rings (SSSR count). The van der Waals surface area contributed by atoms with Crippen LogP contribution in [0.1, 0.15) is 154 Å². The maximum absolute atomic E-state index is 4.93. The second kappa shape index (κ2) is 29.6. The number of hydrogen-bond acceptors (Lipinski definition) is 8. The number of anilines is 12. The summed E-state index contributed by atoms with van der Waals surface area (Å²) in [5, 5.41) is 0. The largest absolute Gasteiger partial charge is 2.00 e. The molecule has 0 radical (unpaired) electrons.